The number of hydrogen-bond acceptors (Lipinski definition) is 2. The molecule has 0 bridgehead atoms. The van der Waals surface area contributed by atoms with Gasteiger partial charge in [-0.25, -0.2) is 0 Å². The molecule has 0 amide bonds. The van der Waals surface area contributed by atoms with Crippen LogP contribution in [0.1, 0.15) is 24.0 Å². The number of anilines is 3. The van der Waals surface area contributed by atoms with Crippen molar-refractivity contribution in [2.45, 2.75) is 12.8 Å². The average Bonchev–Trinajstić information content (AvgIpc) is 3.48. The number of allylic oxidation sites excluding steroid dienone is 4. The Morgan fingerprint density at radius 3 is 1.55 bits per heavy atom. The number of para-hydroxylation sites is 1. The van der Waals surface area contributed by atoms with Crippen LogP contribution in [-0.2, 0) is 0 Å². The molecule has 8 rings (SSSR count). The van der Waals surface area contributed by atoms with Crippen LogP contribution in [0.2, 0.25) is 0 Å². The van der Waals surface area contributed by atoms with Crippen molar-refractivity contribution in [2.75, 3.05) is 4.90 Å². The zero-order valence-electron chi connectivity index (χ0n) is 24.4. The maximum absolute atomic E-state index is 2.34. The van der Waals surface area contributed by atoms with Crippen molar-refractivity contribution in [2.24, 2.45) is 0 Å². The second-order valence-corrected chi connectivity index (χ2v) is 12.4. The summed E-state index contributed by atoms with van der Waals surface area (Å²) in [5, 5.41) is 2.67. The number of hydrogen-bond donors (Lipinski definition) is 0. The molecule has 0 radical (unpaired) electrons. The molecule has 0 atom stereocenters. The van der Waals surface area contributed by atoms with Gasteiger partial charge in [0.2, 0.25) is 0 Å². The lowest BCUT2D eigenvalue weighted by Gasteiger charge is -2.26. The first-order valence-corrected chi connectivity index (χ1v) is 16.0. The third-order valence-electron chi connectivity index (χ3n) is 8.64. The van der Waals surface area contributed by atoms with Gasteiger partial charge in [0.1, 0.15) is 0 Å². The SMILES string of the molecule is C1=C(c2ccccc2)CCC(c2ccc(N(c3ccccc3)c3ccc(-c4ccc5sc6ccccc6c5c4)cc3)cc2)=C1. The van der Waals surface area contributed by atoms with Gasteiger partial charge in [-0.3, -0.25) is 0 Å². The van der Waals surface area contributed by atoms with Gasteiger partial charge in [-0.05, 0) is 101 Å². The largest absolute Gasteiger partial charge is 0.311 e. The van der Waals surface area contributed by atoms with Gasteiger partial charge in [0, 0.05) is 37.2 Å². The van der Waals surface area contributed by atoms with Crippen LogP contribution in [0.3, 0.4) is 0 Å². The van der Waals surface area contributed by atoms with Gasteiger partial charge in [0.05, 0.1) is 0 Å². The van der Waals surface area contributed by atoms with Crippen LogP contribution >= 0.6 is 11.3 Å². The number of fused-ring (bicyclic) bond motifs is 3. The summed E-state index contributed by atoms with van der Waals surface area (Å²) in [6.45, 7) is 0. The van der Waals surface area contributed by atoms with Crippen LogP contribution in [-0.4, -0.2) is 0 Å². The molecule has 0 saturated heterocycles. The van der Waals surface area contributed by atoms with Gasteiger partial charge >= 0.3 is 0 Å². The van der Waals surface area contributed by atoms with Crippen LogP contribution < -0.4 is 4.90 Å². The highest BCUT2D eigenvalue weighted by molar-refractivity contribution is 7.25. The molecule has 0 aliphatic heterocycles. The third kappa shape index (κ3) is 5.04. The molecule has 1 aromatic heterocycles. The second-order valence-electron chi connectivity index (χ2n) is 11.3. The monoisotopic (exact) mass is 581 g/mol. The van der Waals surface area contributed by atoms with Crippen molar-refractivity contribution in [3.05, 3.63) is 175 Å². The van der Waals surface area contributed by atoms with Gasteiger partial charge in [-0.1, -0.05) is 109 Å². The molecule has 0 spiro atoms. The predicted octanol–water partition coefficient (Wildman–Crippen LogP) is 12.5. The zero-order valence-corrected chi connectivity index (χ0v) is 25.2. The molecule has 0 unspecified atom stereocenters. The summed E-state index contributed by atoms with van der Waals surface area (Å²) in [5.41, 5.74) is 11.3. The van der Waals surface area contributed by atoms with E-state index >= 15 is 0 Å². The van der Waals surface area contributed by atoms with Crippen LogP contribution in [0.15, 0.2) is 164 Å². The minimum absolute atomic E-state index is 1.05. The van der Waals surface area contributed by atoms with Crippen molar-refractivity contribution < 1.29 is 0 Å². The average molecular weight is 582 g/mol. The Kier molecular flexibility index (Phi) is 6.90. The fourth-order valence-electron chi connectivity index (χ4n) is 6.33. The standard InChI is InChI=1S/C42H31NS/c1-3-9-30(10-4-1)31-15-17-32(18-16-31)33-19-24-37(25-20-33)43(36-11-5-2-6-12-36)38-26-21-34(22-27-38)35-23-28-42-40(29-35)39-13-7-8-14-41(39)44-42/h1-15,17,19-29H,16,18H2. The Morgan fingerprint density at radius 1 is 0.386 bits per heavy atom. The van der Waals surface area contributed by atoms with Crippen molar-refractivity contribution in [1.29, 1.82) is 0 Å². The number of nitrogens with zero attached hydrogens (tertiary/aromatic N) is 1. The van der Waals surface area contributed by atoms with Crippen LogP contribution in [0.5, 0.6) is 0 Å². The van der Waals surface area contributed by atoms with Crippen LogP contribution in [0, 0.1) is 0 Å². The highest BCUT2D eigenvalue weighted by atomic mass is 32.1. The fraction of sp³-hybridized carbons (Fsp3) is 0.0476. The van der Waals surface area contributed by atoms with Crippen molar-refractivity contribution in [3.8, 4) is 11.1 Å². The highest BCUT2D eigenvalue weighted by Crippen LogP contribution is 2.39. The first-order valence-electron chi connectivity index (χ1n) is 15.2. The van der Waals surface area contributed by atoms with E-state index in [1.807, 2.05) is 11.3 Å². The Bertz CT molecular complexity index is 2130. The molecule has 2 heteroatoms. The summed E-state index contributed by atoms with van der Waals surface area (Å²) in [7, 11) is 0. The van der Waals surface area contributed by atoms with Gasteiger partial charge in [0.25, 0.3) is 0 Å². The summed E-state index contributed by atoms with van der Waals surface area (Å²) >= 11 is 1.86. The molecule has 1 nitrogen and oxygen atoms in total. The topological polar surface area (TPSA) is 3.24 Å². The van der Waals surface area contributed by atoms with Gasteiger partial charge in [0.15, 0.2) is 0 Å². The van der Waals surface area contributed by atoms with Crippen molar-refractivity contribution >= 4 is 59.7 Å². The van der Waals surface area contributed by atoms with E-state index in [1.165, 1.54) is 53.6 Å². The first-order chi connectivity index (χ1) is 21.8. The van der Waals surface area contributed by atoms with E-state index in [-0.39, 0.29) is 0 Å². The van der Waals surface area contributed by atoms with Crippen molar-refractivity contribution in [3.63, 3.8) is 0 Å². The minimum Gasteiger partial charge on any atom is -0.311 e. The quantitative estimate of drug-likeness (QED) is 0.189. The molecule has 44 heavy (non-hydrogen) atoms. The van der Waals surface area contributed by atoms with E-state index in [9.17, 15) is 0 Å². The number of rotatable bonds is 6. The molecule has 210 valence electrons. The Hall–Kier alpha value is -5.18. The highest BCUT2D eigenvalue weighted by Gasteiger charge is 2.15. The molecule has 7 aromatic rings. The van der Waals surface area contributed by atoms with Crippen LogP contribution in [0.4, 0.5) is 17.1 Å². The number of benzene rings is 6. The van der Waals surface area contributed by atoms with Gasteiger partial charge in [-0.15, -0.1) is 11.3 Å². The molecular weight excluding hydrogens is 551 g/mol. The van der Waals surface area contributed by atoms with Gasteiger partial charge in [-0.2, -0.15) is 0 Å². The normalized spacial score (nSPS) is 13.1. The Labute approximate surface area is 262 Å². The lowest BCUT2D eigenvalue weighted by atomic mass is 9.90. The maximum atomic E-state index is 2.34. The van der Waals surface area contributed by atoms with E-state index in [1.54, 1.807) is 0 Å². The van der Waals surface area contributed by atoms with Crippen LogP contribution in [0.25, 0.3) is 42.4 Å². The van der Waals surface area contributed by atoms with E-state index in [2.05, 4.69) is 169 Å². The molecule has 1 heterocycles. The Morgan fingerprint density at radius 2 is 0.886 bits per heavy atom. The molecule has 1 aliphatic carbocycles. The third-order valence-corrected chi connectivity index (χ3v) is 9.79. The second kappa shape index (κ2) is 11.5. The summed E-state index contributed by atoms with van der Waals surface area (Å²) in [4.78, 5) is 2.34. The number of thiophene rings is 1. The summed E-state index contributed by atoms with van der Waals surface area (Å²) in [6.07, 6.45) is 6.70. The lowest BCUT2D eigenvalue weighted by Crippen LogP contribution is -2.09. The van der Waals surface area contributed by atoms with Gasteiger partial charge < -0.3 is 4.90 Å². The first kappa shape index (κ1) is 26.4. The van der Waals surface area contributed by atoms with E-state index < -0.39 is 0 Å². The van der Waals surface area contributed by atoms with Crippen molar-refractivity contribution in [1.82, 2.24) is 0 Å². The predicted molar refractivity (Wildman–Crippen MR) is 191 cm³/mol. The summed E-state index contributed by atoms with van der Waals surface area (Å²) in [6, 6.07) is 54.9. The maximum Gasteiger partial charge on any atom is 0.0462 e. The van der Waals surface area contributed by atoms with E-state index in [0.717, 1.165) is 29.9 Å². The van der Waals surface area contributed by atoms with E-state index in [4.69, 9.17) is 0 Å². The molecule has 0 fully saturated rings. The molecule has 0 N–H and O–H groups in total. The zero-order chi connectivity index (χ0) is 29.3. The summed E-state index contributed by atoms with van der Waals surface area (Å²) in [5.74, 6) is 0. The molecule has 0 saturated carbocycles. The smallest absolute Gasteiger partial charge is 0.0462 e. The molecular formula is C42H31NS. The Balaban J connectivity index is 1.10. The summed E-state index contributed by atoms with van der Waals surface area (Å²) < 4.78 is 2.68. The molecule has 1 aliphatic rings. The lowest BCUT2D eigenvalue weighted by molar-refractivity contribution is 1.07. The molecule has 6 aromatic carbocycles. The van der Waals surface area contributed by atoms with E-state index in [0.29, 0.717) is 0 Å². The minimum atomic E-state index is 1.05. The fourth-order valence-corrected chi connectivity index (χ4v) is 7.41.